The van der Waals surface area contributed by atoms with Crippen molar-refractivity contribution in [3.05, 3.63) is 150 Å². The zero-order valence-electron chi connectivity index (χ0n) is 26.3. The average Bonchev–Trinajstić information content (AvgIpc) is 3.43. The Kier molecular flexibility index (Phi) is 5.91. The molecule has 0 bridgehead atoms. The molecule has 0 aliphatic heterocycles. The summed E-state index contributed by atoms with van der Waals surface area (Å²) in [6.07, 6.45) is 2.90. The molecule has 46 heavy (non-hydrogen) atoms. The Bertz CT molecular complexity index is 2520. The Morgan fingerprint density at radius 2 is 1.26 bits per heavy atom. The molecule has 0 amide bonds. The van der Waals surface area contributed by atoms with Crippen molar-refractivity contribution in [2.75, 3.05) is 4.90 Å². The third kappa shape index (κ3) is 3.81. The van der Waals surface area contributed by atoms with Crippen LogP contribution in [0.1, 0.15) is 23.6 Å². The lowest BCUT2D eigenvalue weighted by atomic mass is 9.90. The van der Waals surface area contributed by atoms with Gasteiger partial charge in [0.15, 0.2) is 0 Å². The van der Waals surface area contributed by atoms with Gasteiger partial charge in [0, 0.05) is 33.7 Å². The number of aromatic nitrogens is 2. The number of para-hydroxylation sites is 2. The minimum absolute atomic E-state index is 0.973. The van der Waals surface area contributed by atoms with E-state index in [0.717, 1.165) is 29.0 Å². The van der Waals surface area contributed by atoms with Gasteiger partial charge >= 0.3 is 0 Å². The Morgan fingerprint density at radius 1 is 0.587 bits per heavy atom. The van der Waals surface area contributed by atoms with E-state index in [9.17, 15) is 0 Å². The summed E-state index contributed by atoms with van der Waals surface area (Å²) in [4.78, 5) is 7.27. The van der Waals surface area contributed by atoms with Crippen molar-refractivity contribution in [2.45, 2.75) is 27.2 Å². The Balaban J connectivity index is 1.29. The number of fused-ring (bicyclic) bond motifs is 3. The normalized spacial score (nSPS) is 11.9. The maximum absolute atomic E-state index is 4.81. The van der Waals surface area contributed by atoms with Crippen molar-refractivity contribution in [1.29, 1.82) is 0 Å². The molecular weight excluding hydrogens is 558 g/mol. The third-order valence-electron chi connectivity index (χ3n) is 9.82. The number of aryl methyl sites for hydroxylation is 3. The molecule has 2 aromatic heterocycles. The van der Waals surface area contributed by atoms with Gasteiger partial charge in [0.25, 0.3) is 0 Å². The first-order valence-corrected chi connectivity index (χ1v) is 16.1. The molecule has 0 aliphatic carbocycles. The number of anilines is 3. The molecule has 9 rings (SSSR count). The molecule has 9 aromatic rings. The molecule has 0 fully saturated rings. The predicted octanol–water partition coefficient (Wildman–Crippen LogP) is 11.7. The Labute approximate surface area is 268 Å². The SMILES string of the molecule is CCc1ccc2ccc3c(N(c4ccc(-n5c6ccccc6c6cccnc65)cc4)c4c(C)cccc4C)ccc4ccc1c2c43. The van der Waals surface area contributed by atoms with Crippen molar-refractivity contribution < 1.29 is 0 Å². The van der Waals surface area contributed by atoms with Crippen LogP contribution < -0.4 is 4.90 Å². The fourth-order valence-corrected chi connectivity index (χ4v) is 7.70. The zero-order chi connectivity index (χ0) is 30.9. The molecule has 7 aromatic carbocycles. The first-order chi connectivity index (χ1) is 22.6. The minimum Gasteiger partial charge on any atom is -0.309 e. The summed E-state index contributed by atoms with van der Waals surface area (Å²) in [7, 11) is 0. The van der Waals surface area contributed by atoms with Gasteiger partial charge < -0.3 is 4.90 Å². The van der Waals surface area contributed by atoms with E-state index in [0.29, 0.717) is 0 Å². The van der Waals surface area contributed by atoms with Gasteiger partial charge in [0.1, 0.15) is 5.65 Å². The van der Waals surface area contributed by atoms with Crippen LogP contribution in [0, 0.1) is 13.8 Å². The Hall–Kier alpha value is -5.67. The molecule has 0 radical (unpaired) electrons. The van der Waals surface area contributed by atoms with E-state index in [1.54, 1.807) is 0 Å². The van der Waals surface area contributed by atoms with Gasteiger partial charge in [-0.3, -0.25) is 4.57 Å². The van der Waals surface area contributed by atoms with Crippen LogP contribution in [0.5, 0.6) is 0 Å². The fraction of sp³-hybridized carbons (Fsp3) is 0.0930. The summed E-state index contributed by atoms with van der Waals surface area (Å²) < 4.78 is 2.28. The van der Waals surface area contributed by atoms with Gasteiger partial charge in [-0.2, -0.15) is 0 Å². The van der Waals surface area contributed by atoms with Crippen LogP contribution in [0.4, 0.5) is 17.1 Å². The molecule has 0 spiro atoms. The van der Waals surface area contributed by atoms with Crippen molar-refractivity contribution in [3.8, 4) is 5.69 Å². The zero-order valence-corrected chi connectivity index (χ0v) is 26.3. The van der Waals surface area contributed by atoms with Gasteiger partial charge in [-0.15, -0.1) is 0 Å². The summed E-state index contributed by atoms with van der Waals surface area (Å²) in [5.74, 6) is 0. The maximum atomic E-state index is 4.81. The highest BCUT2D eigenvalue weighted by molar-refractivity contribution is 6.26. The number of benzene rings is 7. The van der Waals surface area contributed by atoms with Gasteiger partial charge in [0.05, 0.1) is 16.9 Å². The van der Waals surface area contributed by atoms with Crippen LogP contribution in [-0.4, -0.2) is 9.55 Å². The van der Waals surface area contributed by atoms with E-state index >= 15 is 0 Å². The number of hydrogen-bond donors (Lipinski definition) is 0. The van der Waals surface area contributed by atoms with E-state index < -0.39 is 0 Å². The smallest absolute Gasteiger partial charge is 0.145 e. The summed E-state index contributed by atoms with van der Waals surface area (Å²) in [6.45, 7) is 6.69. The molecule has 3 heteroatoms. The summed E-state index contributed by atoms with van der Waals surface area (Å²) in [5, 5.41) is 10.3. The highest BCUT2D eigenvalue weighted by Gasteiger charge is 2.22. The number of pyridine rings is 1. The molecule has 2 heterocycles. The monoisotopic (exact) mass is 591 g/mol. The van der Waals surface area contributed by atoms with E-state index in [2.05, 4.69) is 152 Å². The fourth-order valence-electron chi connectivity index (χ4n) is 7.70. The highest BCUT2D eigenvalue weighted by atomic mass is 15.1. The van der Waals surface area contributed by atoms with Crippen molar-refractivity contribution in [3.63, 3.8) is 0 Å². The first kappa shape index (κ1) is 26.7. The van der Waals surface area contributed by atoms with Crippen LogP contribution in [0.25, 0.3) is 59.9 Å². The molecule has 0 unspecified atom stereocenters. The standard InChI is InChI=1S/C43H33N3/c1-4-29-14-15-30-17-24-37-39(25-18-31-16-23-34(29)40(30)41(31)37)45(42-27(2)9-7-10-28(42)3)32-19-21-33(22-20-32)46-38-13-6-5-11-35(38)36-12-8-26-44-43(36)46/h5-26H,4H2,1-3H3. The lowest BCUT2D eigenvalue weighted by molar-refractivity contribution is 1.13. The Morgan fingerprint density at radius 3 is 2.04 bits per heavy atom. The van der Waals surface area contributed by atoms with Gasteiger partial charge in [-0.1, -0.05) is 85.8 Å². The summed E-state index contributed by atoms with van der Waals surface area (Å²) >= 11 is 0. The molecule has 220 valence electrons. The topological polar surface area (TPSA) is 21.1 Å². The third-order valence-corrected chi connectivity index (χ3v) is 9.82. The predicted molar refractivity (Wildman–Crippen MR) is 196 cm³/mol. The maximum Gasteiger partial charge on any atom is 0.145 e. The van der Waals surface area contributed by atoms with E-state index in [1.165, 1.54) is 71.2 Å². The minimum atomic E-state index is 0.973. The lowest BCUT2D eigenvalue weighted by Gasteiger charge is -2.30. The quantitative estimate of drug-likeness (QED) is 0.186. The summed E-state index contributed by atoms with van der Waals surface area (Å²) in [5.41, 5.74) is 10.6. The molecule has 0 atom stereocenters. The highest BCUT2D eigenvalue weighted by Crippen LogP contribution is 2.46. The van der Waals surface area contributed by atoms with Gasteiger partial charge in [-0.05, 0) is 112 Å². The average molecular weight is 592 g/mol. The molecule has 0 saturated heterocycles. The first-order valence-electron chi connectivity index (χ1n) is 16.1. The summed E-state index contributed by atoms with van der Waals surface area (Å²) in [6, 6.07) is 46.8. The van der Waals surface area contributed by atoms with Crippen LogP contribution in [0.2, 0.25) is 0 Å². The number of nitrogens with zero attached hydrogens (tertiary/aromatic N) is 3. The molecule has 0 N–H and O–H groups in total. The largest absolute Gasteiger partial charge is 0.309 e. The van der Waals surface area contributed by atoms with Crippen LogP contribution >= 0.6 is 0 Å². The molecule has 3 nitrogen and oxygen atoms in total. The van der Waals surface area contributed by atoms with Crippen molar-refractivity contribution in [2.24, 2.45) is 0 Å². The second-order valence-electron chi connectivity index (χ2n) is 12.4. The number of hydrogen-bond acceptors (Lipinski definition) is 2. The molecular formula is C43H33N3. The van der Waals surface area contributed by atoms with E-state index in [-0.39, 0.29) is 0 Å². The number of rotatable bonds is 5. The van der Waals surface area contributed by atoms with Crippen LogP contribution in [0.3, 0.4) is 0 Å². The molecule has 0 saturated carbocycles. The second-order valence-corrected chi connectivity index (χ2v) is 12.4. The van der Waals surface area contributed by atoms with Gasteiger partial charge in [0.2, 0.25) is 0 Å². The van der Waals surface area contributed by atoms with Crippen molar-refractivity contribution >= 4 is 71.3 Å². The van der Waals surface area contributed by atoms with Gasteiger partial charge in [-0.25, -0.2) is 4.98 Å². The second kappa shape index (κ2) is 10.2. The van der Waals surface area contributed by atoms with Crippen LogP contribution in [0.15, 0.2) is 134 Å². The van der Waals surface area contributed by atoms with E-state index in [4.69, 9.17) is 4.98 Å². The lowest BCUT2D eigenvalue weighted by Crippen LogP contribution is -2.13. The van der Waals surface area contributed by atoms with E-state index in [1.807, 2.05) is 12.3 Å². The molecule has 0 aliphatic rings. The van der Waals surface area contributed by atoms with Crippen molar-refractivity contribution in [1.82, 2.24) is 9.55 Å². The van der Waals surface area contributed by atoms with Crippen LogP contribution in [-0.2, 0) is 6.42 Å².